The fourth-order valence-electron chi connectivity index (χ4n) is 3.41. The second-order valence-electron chi connectivity index (χ2n) is 5.65. The first-order chi connectivity index (χ1) is 9.38. The molecule has 0 amide bonds. The Morgan fingerprint density at radius 1 is 1.26 bits per heavy atom. The van der Waals surface area contributed by atoms with Crippen LogP contribution in [0.2, 0.25) is 0 Å². The van der Waals surface area contributed by atoms with Crippen LogP contribution in [-0.4, -0.2) is 38.2 Å². The van der Waals surface area contributed by atoms with Crippen molar-refractivity contribution in [3.63, 3.8) is 0 Å². The molecule has 1 unspecified atom stereocenters. The average Bonchev–Trinajstić information content (AvgIpc) is 2.48. The lowest BCUT2D eigenvalue weighted by Gasteiger charge is -2.34. The standard InChI is InChI=1S/C16H24N2O/c1-19-16-7-5-6-13-14(16)8-9-17-15(13)12-18-10-3-2-4-11-18/h5-7,15,17H,2-4,8-12H2,1H3. The van der Waals surface area contributed by atoms with Crippen molar-refractivity contribution < 1.29 is 4.74 Å². The number of rotatable bonds is 3. The molecule has 3 heteroatoms. The number of likely N-dealkylation sites (tertiary alicyclic amines) is 1. The molecule has 2 aliphatic heterocycles. The molecule has 2 aliphatic rings. The lowest BCUT2D eigenvalue weighted by atomic mass is 9.92. The van der Waals surface area contributed by atoms with Gasteiger partial charge < -0.3 is 15.0 Å². The van der Waals surface area contributed by atoms with Crippen LogP contribution in [0.1, 0.15) is 36.4 Å². The third kappa shape index (κ3) is 2.77. The highest BCUT2D eigenvalue weighted by molar-refractivity contribution is 5.43. The van der Waals surface area contributed by atoms with E-state index in [4.69, 9.17) is 4.74 Å². The Hall–Kier alpha value is -1.06. The van der Waals surface area contributed by atoms with Crippen molar-refractivity contribution >= 4 is 0 Å². The Morgan fingerprint density at radius 2 is 2.11 bits per heavy atom. The molecular weight excluding hydrogens is 236 g/mol. The summed E-state index contributed by atoms with van der Waals surface area (Å²) >= 11 is 0. The summed E-state index contributed by atoms with van der Waals surface area (Å²) < 4.78 is 5.51. The van der Waals surface area contributed by atoms with Crippen molar-refractivity contribution in [2.75, 3.05) is 33.3 Å². The van der Waals surface area contributed by atoms with Crippen LogP contribution in [0.25, 0.3) is 0 Å². The summed E-state index contributed by atoms with van der Waals surface area (Å²) in [5.41, 5.74) is 2.85. The quantitative estimate of drug-likeness (QED) is 0.903. The molecule has 1 aromatic carbocycles. The third-order valence-corrected chi connectivity index (χ3v) is 4.42. The number of nitrogens with one attached hydrogen (secondary N) is 1. The molecule has 1 N–H and O–H groups in total. The second kappa shape index (κ2) is 5.93. The number of piperidine rings is 1. The molecule has 104 valence electrons. The van der Waals surface area contributed by atoms with Gasteiger partial charge in [0.05, 0.1) is 7.11 Å². The van der Waals surface area contributed by atoms with Gasteiger partial charge in [0.25, 0.3) is 0 Å². The van der Waals surface area contributed by atoms with E-state index in [1.807, 2.05) is 0 Å². The van der Waals surface area contributed by atoms with E-state index in [1.54, 1.807) is 7.11 Å². The van der Waals surface area contributed by atoms with Gasteiger partial charge in [-0.15, -0.1) is 0 Å². The molecule has 2 heterocycles. The van der Waals surface area contributed by atoms with Gasteiger partial charge in [0.2, 0.25) is 0 Å². The molecule has 1 fully saturated rings. The van der Waals surface area contributed by atoms with Crippen molar-refractivity contribution in [2.45, 2.75) is 31.7 Å². The highest BCUT2D eigenvalue weighted by atomic mass is 16.5. The van der Waals surface area contributed by atoms with Gasteiger partial charge in [0, 0.05) is 18.2 Å². The molecule has 3 rings (SSSR count). The number of nitrogens with zero attached hydrogens (tertiary/aromatic N) is 1. The zero-order chi connectivity index (χ0) is 13.1. The van der Waals surface area contributed by atoms with Crippen molar-refractivity contribution in [1.29, 1.82) is 0 Å². The average molecular weight is 260 g/mol. The van der Waals surface area contributed by atoms with Gasteiger partial charge in [-0.25, -0.2) is 0 Å². The van der Waals surface area contributed by atoms with Crippen LogP contribution in [0.15, 0.2) is 18.2 Å². The number of methoxy groups -OCH3 is 1. The number of ether oxygens (including phenoxy) is 1. The minimum Gasteiger partial charge on any atom is -0.496 e. The topological polar surface area (TPSA) is 24.5 Å². The lowest BCUT2D eigenvalue weighted by molar-refractivity contribution is 0.202. The smallest absolute Gasteiger partial charge is 0.122 e. The number of fused-ring (bicyclic) bond motifs is 1. The van der Waals surface area contributed by atoms with E-state index in [9.17, 15) is 0 Å². The van der Waals surface area contributed by atoms with Crippen LogP contribution >= 0.6 is 0 Å². The Balaban J connectivity index is 1.78. The summed E-state index contributed by atoms with van der Waals surface area (Å²) in [6, 6.07) is 6.94. The fourth-order valence-corrected chi connectivity index (χ4v) is 3.41. The summed E-state index contributed by atoms with van der Waals surface area (Å²) in [6.07, 6.45) is 5.20. The maximum absolute atomic E-state index is 5.51. The summed E-state index contributed by atoms with van der Waals surface area (Å²) in [7, 11) is 1.78. The molecule has 0 radical (unpaired) electrons. The maximum Gasteiger partial charge on any atom is 0.122 e. The SMILES string of the molecule is COc1cccc2c1CCNC2CN1CCCCC1. The van der Waals surface area contributed by atoms with Gasteiger partial charge in [-0.1, -0.05) is 18.6 Å². The van der Waals surface area contributed by atoms with E-state index in [0.29, 0.717) is 6.04 Å². The molecule has 1 saturated heterocycles. The highest BCUT2D eigenvalue weighted by Gasteiger charge is 2.24. The predicted molar refractivity (Wildman–Crippen MR) is 77.7 cm³/mol. The largest absolute Gasteiger partial charge is 0.496 e. The number of benzene rings is 1. The van der Waals surface area contributed by atoms with Crippen LogP contribution in [0.3, 0.4) is 0 Å². The van der Waals surface area contributed by atoms with Crippen LogP contribution < -0.4 is 10.1 Å². The Labute approximate surface area is 115 Å². The molecule has 0 aliphatic carbocycles. The summed E-state index contributed by atoms with van der Waals surface area (Å²) in [6.45, 7) is 4.72. The molecule has 0 bridgehead atoms. The van der Waals surface area contributed by atoms with Crippen LogP contribution in [0.5, 0.6) is 5.75 Å². The van der Waals surface area contributed by atoms with E-state index in [-0.39, 0.29) is 0 Å². The normalized spacial score (nSPS) is 23.9. The first kappa shape index (κ1) is 12.9. The Morgan fingerprint density at radius 3 is 2.89 bits per heavy atom. The molecule has 3 nitrogen and oxygen atoms in total. The Kier molecular flexibility index (Phi) is 4.04. The summed E-state index contributed by atoms with van der Waals surface area (Å²) in [4.78, 5) is 2.61. The lowest BCUT2D eigenvalue weighted by Crippen LogP contribution is -2.41. The van der Waals surface area contributed by atoms with E-state index < -0.39 is 0 Å². The van der Waals surface area contributed by atoms with Crippen molar-refractivity contribution in [3.8, 4) is 5.75 Å². The summed E-state index contributed by atoms with van der Waals surface area (Å²) in [5.74, 6) is 1.06. The molecule has 0 spiro atoms. The first-order valence-electron chi connectivity index (χ1n) is 7.50. The van der Waals surface area contributed by atoms with Crippen molar-refractivity contribution in [1.82, 2.24) is 10.2 Å². The zero-order valence-corrected chi connectivity index (χ0v) is 11.8. The van der Waals surface area contributed by atoms with Crippen LogP contribution in [-0.2, 0) is 6.42 Å². The second-order valence-corrected chi connectivity index (χ2v) is 5.65. The number of hydrogen-bond acceptors (Lipinski definition) is 3. The van der Waals surface area contributed by atoms with Gasteiger partial charge in [-0.05, 0) is 50.5 Å². The molecule has 19 heavy (non-hydrogen) atoms. The molecular formula is C16H24N2O. The van der Waals surface area contributed by atoms with Crippen molar-refractivity contribution in [3.05, 3.63) is 29.3 Å². The van der Waals surface area contributed by atoms with Gasteiger partial charge in [0.1, 0.15) is 5.75 Å². The fraction of sp³-hybridized carbons (Fsp3) is 0.625. The Bertz CT molecular complexity index is 427. The van der Waals surface area contributed by atoms with Crippen LogP contribution in [0, 0.1) is 0 Å². The first-order valence-corrected chi connectivity index (χ1v) is 7.50. The highest BCUT2D eigenvalue weighted by Crippen LogP contribution is 2.31. The van der Waals surface area contributed by atoms with E-state index in [0.717, 1.165) is 25.3 Å². The number of hydrogen-bond donors (Lipinski definition) is 1. The van der Waals surface area contributed by atoms with E-state index >= 15 is 0 Å². The third-order valence-electron chi connectivity index (χ3n) is 4.42. The minimum atomic E-state index is 0.469. The summed E-state index contributed by atoms with van der Waals surface area (Å²) in [5, 5.41) is 3.68. The van der Waals surface area contributed by atoms with Gasteiger partial charge in [-0.2, -0.15) is 0 Å². The molecule has 1 aromatic rings. The van der Waals surface area contributed by atoms with Gasteiger partial charge in [0.15, 0.2) is 0 Å². The minimum absolute atomic E-state index is 0.469. The van der Waals surface area contributed by atoms with E-state index in [1.165, 1.54) is 43.5 Å². The zero-order valence-electron chi connectivity index (χ0n) is 11.8. The van der Waals surface area contributed by atoms with Crippen molar-refractivity contribution in [2.24, 2.45) is 0 Å². The molecule has 0 aromatic heterocycles. The monoisotopic (exact) mass is 260 g/mol. The maximum atomic E-state index is 5.51. The predicted octanol–water partition coefficient (Wildman–Crippen LogP) is 2.37. The van der Waals surface area contributed by atoms with Gasteiger partial charge in [-0.3, -0.25) is 0 Å². The van der Waals surface area contributed by atoms with Gasteiger partial charge >= 0.3 is 0 Å². The molecule has 0 saturated carbocycles. The van der Waals surface area contributed by atoms with Crippen LogP contribution in [0.4, 0.5) is 0 Å². The van der Waals surface area contributed by atoms with E-state index in [2.05, 4.69) is 28.4 Å². The molecule has 1 atom stereocenters.